The van der Waals surface area contributed by atoms with E-state index in [0.717, 1.165) is 16.2 Å². The monoisotopic (exact) mass is 294 g/mol. The van der Waals surface area contributed by atoms with E-state index in [1.165, 1.54) is 6.07 Å². The van der Waals surface area contributed by atoms with Gasteiger partial charge in [0.05, 0.1) is 12.2 Å². The number of carbonyl (C=O) groups excluding carboxylic acids is 1. The molecule has 1 amide bonds. The summed E-state index contributed by atoms with van der Waals surface area (Å²) in [5.41, 5.74) is 1.08. The lowest BCUT2D eigenvalue weighted by molar-refractivity contribution is 0.0702. The number of thiophene rings is 1. The largest absolute Gasteiger partial charge is 0.477 e. The standard InChI is InChI=1S/C13H14N2O4S/c1-3-9-11(7(2)19-15-9)12(16)14-6-8-4-5-10(20-8)13(17)18/h4-5H,3,6H2,1-2H3,(H,14,16)(H,17,18). The Labute approximate surface area is 119 Å². The summed E-state index contributed by atoms with van der Waals surface area (Å²) in [4.78, 5) is 23.9. The van der Waals surface area contributed by atoms with Crippen molar-refractivity contribution in [3.63, 3.8) is 0 Å². The van der Waals surface area contributed by atoms with Crippen LogP contribution in [0.5, 0.6) is 0 Å². The number of hydrogen-bond donors (Lipinski definition) is 2. The molecule has 0 saturated heterocycles. The van der Waals surface area contributed by atoms with Crippen molar-refractivity contribution in [1.29, 1.82) is 0 Å². The Balaban J connectivity index is 2.04. The van der Waals surface area contributed by atoms with E-state index in [1.807, 2.05) is 6.92 Å². The minimum atomic E-state index is -0.962. The highest BCUT2D eigenvalue weighted by Crippen LogP contribution is 2.17. The van der Waals surface area contributed by atoms with Gasteiger partial charge in [-0.15, -0.1) is 11.3 Å². The zero-order chi connectivity index (χ0) is 14.7. The topological polar surface area (TPSA) is 92.4 Å². The Morgan fingerprint density at radius 1 is 1.45 bits per heavy atom. The number of nitrogens with one attached hydrogen (secondary N) is 1. The summed E-state index contributed by atoms with van der Waals surface area (Å²) in [5.74, 6) is -0.738. The molecule has 0 aromatic carbocycles. The normalized spacial score (nSPS) is 10.5. The van der Waals surface area contributed by atoms with Crippen LogP contribution in [0.4, 0.5) is 0 Å². The number of aromatic nitrogens is 1. The predicted molar refractivity (Wildman–Crippen MR) is 73.1 cm³/mol. The van der Waals surface area contributed by atoms with Gasteiger partial charge in [-0.1, -0.05) is 12.1 Å². The maximum absolute atomic E-state index is 12.1. The van der Waals surface area contributed by atoms with Crippen LogP contribution in [0, 0.1) is 6.92 Å². The van der Waals surface area contributed by atoms with Gasteiger partial charge in [0.1, 0.15) is 16.2 Å². The Bertz CT molecular complexity index is 645. The third-order valence-electron chi connectivity index (χ3n) is 2.79. The fourth-order valence-corrected chi connectivity index (χ4v) is 2.58. The number of nitrogens with zero attached hydrogens (tertiary/aromatic N) is 1. The first-order valence-corrected chi connectivity index (χ1v) is 6.90. The maximum atomic E-state index is 12.1. The number of hydrogen-bond acceptors (Lipinski definition) is 5. The molecule has 106 valence electrons. The second-order valence-corrected chi connectivity index (χ2v) is 5.34. The molecule has 7 heteroatoms. The summed E-state index contributed by atoms with van der Waals surface area (Å²) in [6.07, 6.45) is 0.613. The van der Waals surface area contributed by atoms with Crippen molar-refractivity contribution < 1.29 is 19.2 Å². The fourth-order valence-electron chi connectivity index (χ4n) is 1.79. The van der Waals surface area contributed by atoms with Crippen LogP contribution in [-0.2, 0) is 13.0 Å². The molecule has 0 aliphatic heterocycles. The lowest BCUT2D eigenvalue weighted by Crippen LogP contribution is -2.23. The zero-order valence-corrected chi connectivity index (χ0v) is 11.9. The van der Waals surface area contributed by atoms with Crippen LogP contribution >= 0.6 is 11.3 Å². The molecule has 2 aromatic heterocycles. The molecule has 0 atom stereocenters. The molecule has 2 N–H and O–H groups in total. The molecule has 0 spiro atoms. The third-order valence-corrected chi connectivity index (χ3v) is 3.86. The predicted octanol–water partition coefficient (Wildman–Crippen LogP) is 2.24. The molecular formula is C13H14N2O4S. The van der Waals surface area contributed by atoms with Gasteiger partial charge in [0, 0.05) is 4.88 Å². The van der Waals surface area contributed by atoms with Gasteiger partial charge in [-0.25, -0.2) is 4.79 Å². The van der Waals surface area contributed by atoms with Crippen molar-refractivity contribution >= 4 is 23.2 Å². The highest BCUT2D eigenvalue weighted by atomic mass is 32.1. The highest BCUT2D eigenvalue weighted by molar-refractivity contribution is 7.13. The molecule has 0 saturated carbocycles. The third kappa shape index (κ3) is 2.88. The van der Waals surface area contributed by atoms with Crippen molar-refractivity contribution in [3.05, 3.63) is 38.9 Å². The second-order valence-electron chi connectivity index (χ2n) is 4.17. The highest BCUT2D eigenvalue weighted by Gasteiger charge is 2.19. The van der Waals surface area contributed by atoms with Gasteiger partial charge in [-0.2, -0.15) is 0 Å². The lowest BCUT2D eigenvalue weighted by atomic mass is 10.1. The molecular weight excluding hydrogens is 280 g/mol. The average Bonchev–Trinajstić information content (AvgIpc) is 3.02. The SMILES string of the molecule is CCc1noc(C)c1C(=O)NCc1ccc(C(=O)O)s1. The van der Waals surface area contributed by atoms with Crippen molar-refractivity contribution in [2.75, 3.05) is 0 Å². The molecule has 0 bridgehead atoms. The van der Waals surface area contributed by atoms with Crippen LogP contribution in [0.2, 0.25) is 0 Å². The van der Waals surface area contributed by atoms with E-state index < -0.39 is 5.97 Å². The maximum Gasteiger partial charge on any atom is 0.345 e. The van der Waals surface area contributed by atoms with Crippen molar-refractivity contribution in [3.8, 4) is 0 Å². The van der Waals surface area contributed by atoms with Crippen LogP contribution in [0.1, 0.15) is 43.3 Å². The van der Waals surface area contributed by atoms with Gasteiger partial charge >= 0.3 is 5.97 Å². The Kier molecular flexibility index (Phi) is 4.19. The quantitative estimate of drug-likeness (QED) is 0.882. The lowest BCUT2D eigenvalue weighted by Gasteiger charge is -2.03. The van der Waals surface area contributed by atoms with Gasteiger partial charge in [-0.05, 0) is 25.5 Å². The van der Waals surface area contributed by atoms with Gasteiger partial charge < -0.3 is 14.9 Å². The van der Waals surface area contributed by atoms with Crippen LogP contribution in [0.3, 0.4) is 0 Å². The van der Waals surface area contributed by atoms with Crippen LogP contribution in [-0.4, -0.2) is 22.1 Å². The van der Waals surface area contributed by atoms with E-state index in [1.54, 1.807) is 13.0 Å². The van der Waals surface area contributed by atoms with E-state index in [4.69, 9.17) is 9.63 Å². The number of aryl methyl sites for hydroxylation is 2. The molecule has 2 rings (SSSR count). The molecule has 6 nitrogen and oxygen atoms in total. The van der Waals surface area contributed by atoms with Crippen molar-refractivity contribution in [2.45, 2.75) is 26.8 Å². The van der Waals surface area contributed by atoms with E-state index in [2.05, 4.69) is 10.5 Å². The van der Waals surface area contributed by atoms with E-state index in [-0.39, 0.29) is 17.3 Å². The molecule has 0 aliphatic carbocycles. The smallest absolute Gasteiger partial charge is 0.345 e. The first-order chi connectivity index (χ1) is 9.52. The Morgan fingerprint density at radius 3 is 2.80 bits per heavy atom. The number of carboxylic acid groups (broad SMARTS) is 1. The molecule has 0 aliphatic rings. The van der Waals surface area contributed by atoms with E-state index in [9.17, 15) is 9.59 Å². The number of carboxylic acids is 1. The molecule has 2 aromatic rings. The van der Waals surface area contributed by atoms with Crippen LogP contribution < -0.4 is 5.32 Å². The number of aromatic carboxylic acids is 1. The first-order valence-electron chi connectivity index (χ1n) is 6.08. The fraction of sp³-hybridized carbons (Fsp3) is 0.308. The zero-order valence-electron chi connectivity index (χ0n) is 11.1. The van der Waals surface area contributed by atoms with Crippen LogP contribution in [0.25, 0.3) is 0 Å². The molecule has 2 heterocycles. The summed E-state index contributed by atoms with van der Waals surface area (Å²) in [6, 6.07) is 3.21. The van der Waals surface area contributed by atoms with Crippen molar-refractivity contribution in [2.24, 2.45) is 0 Å². The van der Waals surface area contributed by atoms with Gasteiger partial charge in [0.25, 0.3) is 5.91 Å². The number of amides is 1. The number of rotatable bonds is 5. The summed E-state index contributed by atoms with van der Waals surface area (Å²) < 4.78 is 5.01. The molecule has 0 fully saturated rings. The first kappa shape index (κ1) is 14.3. The summed E-state index contributed by atoms with van der Waals surface area (Å²) >= 11 is 1.14. The van der Waals surface area contributed by atoms with E-state index in [0.29, 0.717) is 23.4 Å². The van der Waals surface area contributed by atoms with Crippen LogP contribution in [0.15, 0.2) is 16.7 Å². The van der Waals surface area contributed by atoms with Crippen molar-refractivity contribution in [1.82, 2.24) is 10.5 Å². The van der Waals surface area contributed by atoms with E-state index >= 15 is 0 Å². The summed E-state index contributed by atoms with van der Waals surface area (Å²) in [5, 5.41) is 15.4. The number of carbonyl (C=O) groups is 2. The minimum absolute atomic E-state index is 0.254. The summed E-state index contributed by atoms with van der Waals surface area (Å²) in [7, 11) is 0. The minimum Gasteiger partial charge on any atom is -0.477 e. The van der Waals surface area contributed by atoms with Gasteiger partial charge in [0.15, 0.2) is 0 Å². The summed E-state index contributed by atoms with van der Waals surface area (Å²) in [6.45, 7) is 3.87. The second kappa shape index (κ2) is 5.87. The van der Waals surface area contributed by atoms with Gasteiger partial charge in [0.2, 0.25) is 0 Å². The Hall–Kier alpha value is -2.15. The molecule has 0 radical (unpaired) electrons. The molecule has 20 heavy (non-hydrogen) atoms. The average molecular weight is 294 g/mol. The molecule has 0 unspecified atom stereocenters. The van der Waals surface area contributed by atoms with Gasteiger partial charge in [-0.3, -0.25) is 4.79 Å². The Morgan fingerprint density at radius 2 is 2.20 bits per heavy atom.